The highest BCUT2D eigenvalue weighted by Gasteiger charge is 2.39. The molecule has 1 aliphatic rings. The SMILES string of the molecule is COC(=O)CN1CCN(C(=O)c2cccc(F)c2)C(CC(O)COc2ccccc2)C1=O. The van der Waals surface area contributed by atoms with Crippen LogP contribution in [0.4, 0.5) is 4.39 Å². The van der Waals surface area contributed by atoms with E-state index in [2.05, 4.69) is 4.74 Å². The van der Waals surface area contributed by atoms with E-state index in [1.807, 2.05) is 6.07 Å². The number of halogens is 1. The lowest BCUT2D eigenvalue weighted by Gasteiger charge is -2.41. The summed E-state index contributed by atoms with van der Waals surface area (Å²) in [4.78, 5) is 40.4. The molecule has 2 atom stereocenters. The monoisotopic (exact) mass is 444 g/mol. The first-order valence-electron chi connectivity index (χ1n) is 10.2. The molecule has 1 saturated heterocycles. The van der Waals surface area contributed by atoms with Crippen molar-refractivity contribution < 1.29 is 33.4 Å². The predicted molar refractivity (Wildman–Crippen MR) is 112 cm³/mol. The molecule has 170 valence electrons. The molecule has 9 heteroatoms. The topological polar surface area (TPSA) is 96.4 Å². The van der Waals surface area contributed by atoms with E-state index >= 15 is 0 Å². The van der Waals surface area contributed by atoms with Crippen molar-refractivity contribution in [2.75, 3.05) is 33.4 Å². The molecule has 32 heavy (non-hydrogen) atoms. The molecule has 2 unspecified atom stereocenters. The molecule has 8 nitrogen and oxygen atoms in total. The molecule has 0 aliphatic carbocycles. The average Bonchev–Trinajstić information content (AvgIpc) is 2.80. The van der Waals surface area contributed by atoms with Crippen LogP contribution in [-0.2, 0) is 14.3 Å². The fraction of sp³-hybridized carbons (Fsp3) is 0.348. The van der Waals surface area contributed by atoms with Crippen LogP contribution in [0.2, 0.25) is 0 Å². The molecule has 0 bridgehead atoms. The molecular weight excluding hydrogens is 419 g/mol. The number of methoxy groups -OCH3 is 1. The largest absolute Gasteiger partial charge is 0.491 e. The number of nitrogens with zero attached hydrogens (tertiary/aromatic N) is 2. The maximum absolute atomic E-state index is 13.6. The van der Waals surface area contributed by atoms with Gasteiger partial charge < -0.3 is 24.4 Å². The highest BCUT2D eigenvalue weighted by atomic mass is 19.1. The lowest BCUT2D eigenvalue weighted by atomic mass is 10.0. The van der Waals surface area contributed by atoms with Gasteiger partial charge in [-0.2, -0.15) is 0 Å². The van der Waals surface area contributed by atoms with Gasteiger partial charge in [0.1, 0.15) is 30.8 Å². The zero-order chi connectivity index (χ0) is 23.1. The van der Waals surface area contributed by atoms with Crippen molar-refractivity contribution in [1.82, 2.24) is 9.80 Å². The molecule has 1 fully saturated rings. The number of hydrogen-bond acceptors (Lipinski definition) is 6. The molecule has 0 aromatic heterocycles. The second-order valence-corrected chi connectivity index (χ2v) is 7.37. The van der Waals surface area contributed by atoms with E-state index in [1.165, 1.54) is 35.1 Å². The van der Waals surface area contributed by atoms with E-state index in [0.717, 1.165) is 6.07 Å². The van der Waals surface area contributed by atoms with Crippen LogP contribution in [0.1, 0.15) is 16.8 Å². The van der Waals surface area contributed by atoms with Crippen LogP contribution in [0.15, 0.2) is 54.6 Å². The molecule has 0 radical (unpaired) electrons. The second-order valence-electron chi connectivity index (χ2n) is 7.37. The molecular formula is C23H25FN2O6. The van der Waals surface area contributed by atoms with E-state index in [1.54, 1.807) is 24.3 Å². The minimum Gasteiger partial charge on any atom is -0.491 e. The second kappa shape index (κ2) is 10.7. The van der Waals surface area contributed by atoms with Gasteiger partial charge in [-0.05, 0) is 30.3 Å². The third-order valence-corrected chi connectivity index (χ3v) is 5.14. The average molecular weight is 444 g/mol. The van der Waals surface area contributed by atoms with Crippen LogP contribution >= 0.6 is 0 Å². The molecule has 0 saturated carbocycles. The Labute approximate surface area is 185 Å². The van der Waals surface area contributed by atoms with Crippen LogP contribution in [-0.4, -0.2) is 78.2 Å². The predicted octanol–water partition coefficient (Wildman–Crippen LogP) is 1.48. The minimum absolute atomic E-state index is 0.0905. The Balaban J connectivity index is 1.76. The summed E-state index contributed by atoms with van der Waals surface area (Å²) in [6.45, 7) is -0.117. The van der Waals surface area contributed by atoms with E-state index < -0.39 is 35.7 Å². The molecule has 3 rings (SSSR count). The Morgan fingerprint density at radius 3 is 2.59 bits per heavy atom. The first-order valence-corrected chi connectivity index (χ1v) is 10.2. The van der Waals surface area contributed by atoms with Crippen molar-refractivity contribution in [3.05, 3.63) is 66.0 Å². The van der Waals surface area contributed by atoms with Crippen molar-refractivity contribution in [2.24, 2.45) is 0 Å². The van der Waals surface area contributed by atoms with Gasteiger partial charge in [-0.25, -0.2) is 4.39 Å². The third kappa shape index (κ3) is 5.82. The molecule has 1 aliphatic heterocycles. The van der Waals surface area contributed by atoms with Crippen LogP contribution in [0.25, 0.3) is 0 Å². The first-order chi connectivity index (χ1) is 15.4. The number of carbonyl (C=O) groups excluding carboxylic acids is 3. The van der Waals surface area contributed by atoms with Gasteiger partial charge in [0.15, 0.2) is 0 Å². The van der Waals surface area contributed by atoms with E-state index in [9.17, 15) is 23.9 Å². The third-order valence-electron chi connectivity index (χ3n) is 5.14. The van der Waals surface area contributed by atoms with Gasteiger partial charge in [-0.1, -0.05) is 24.3 Å². The van der Waals surface area contributed by atoms with Gasteiger partial charge in [0.05, 0.1) is 13.2 Å². The van der Waals surface area contributed by atoms with Crippen molar-refractivity contribution in [3.8, 4) is 5.75 Å². The Morgan fingerprint density at radius 2 is 1.91 bits per heavy atom. The lowest BCUT2D eigenvalue weighted by molar-refractivity contribution is -0.151. The molecule has 2 amide bonds. The van der Waals surface area contributed by atoms with Crippen molar-refractivity contribution in [3.63, 3.8) is 0 Å². The smallest absolute Gasteiger partial charge is 0.325 e. The number of carbonyl (C=O) groups is 3. The standard InChI is InChI=1S/C23H25FN2O6/c1-31-21(28)14-25-10-11-26(22(29)16-6-5-7-17(24)12-16)20(23(25)30)13-18(27)15-32-19-8-3-2-4-9-19/h2-9,12,18,20,27H,10-11,13-15H2,1H3. The molecule has 1 heterocycles. The number of rotatable bonds is 8. The zero-order valence-corrected chi connectivity index (χ0v) is 17.6. The Bertz CT molecular complexity index is 955. The van der Waals surface area contributed by atoms with Crippen LogP contribution in [0.3, 0.4) is 0 Å². The fourth-order valence-electron chi connectivity index (χ4n) is 3.51. The van der Waals surface area contributed by atoms with Crippen molar-refractivity contribution >= 4 is 17.8 Å². The molecule has 0 spiro atoms. The van der Waals surface area contributed by atoms with Gasteiger partial charge in [0.25, 0.3) is 5.91 Å². The number of esters is 1. The maximum atomic E-state index is 13.6. The summed E-state index contributed by atoms with van der Waals surface area (Å²) in [5, 5.41) is 10.5. The number of amides is 2. The summed E-state index contributed by atoms with van der Waals surface area (Å²) >= 11 is 0. The van der Waals surface area contributed by atoms with Crippen LogP contribution in [0, 0.1) is 5.82 Å². The molecule has 2 aromatic carbocycles. The lowest BCUT2D eigenvalue weighted by Crippen LogP contribution is -2.60. The Hall–Kier alpha value is -3.46. The van der Waals surface area contributed by atoms with E-state index in [-0.39, 0.29) is 38.2 Å². The summed E-state index contributed by atoms with van der Waals surface area (Å²) < 4.78 is 23.8. The maximum Gasteiger partial charge on any atom is 0.325 e. The molecule has 1 N–H and O–H groups in total. The number of para-hydroxylation sites is 1. The number of hydrogen-bond donors (Lipinski definition) is 1. The highest BCUT2D eigenvalue weighted by molar-refractivity contribution is 5.98. The number of ether oxygens (including phenoxy) is 2. The van der Waals surface area contributed by atoms with Gasteiger partial charge >= 0.3 is 5.97 Å². The van der Waals surface area contributed by atoms with Crippen LogP contribution in [0.5, 0.6) is 5.75 Å². The summed E-state index contributed by atoms with van der Waals surface area (Å²) in [5.41, 5.74) is 0.0965. The van der Waals surface area contributed by atoms with Crippen molar-refractivity contribution in [2.45, 2.75) is 18.6 Å². The van der Waals surface area contributed by atoms with Gasteiger partial charge in [0, 0.05) is 25.1 Å². The van der Waals surface area contributed by atoms with Crippen LogP contribution < -0.4 is 4.74 Å². The highest BCUT2D eigenvalue weighted by Crippen LogP contribution is 2.21. The fourth-order valence-corrected chi connectivity index (χ4v) is 3.51. The van der Waals surface area contributed by atoms with Gasteiger partial charge in [0.2, 0.25) is 5.91 Å². The molecule has 2 aromatic rings. The quantitative estimate of drug-likeness (QED) is 0.620. The number of aliphatic hydroxyl groups excluding tert-OH is 1. The Kier molecular flexibility index (Phi) is 7.77. The first kappa shape index (κ1) is 23.2. The zero-order valence-electron chi connectivity index (χ0n) is 17.6. The number of piperazine rings is 1. The van der Waals surface area contributed by atoms with E-state index in [4.69, 9.17) is 4.74 Å². The summed E-state index contributed by atoms with van der Waals surface area (Å²) in [6, 6.07) is 13.0. The summed E-state index contributed by atoms with van der Waals surface area (Å²) in [6.07, 6.45) is -1.17. The summed E-state index contributed by atoms with van der Waals surface area (Å²) in [7, 11) is 1.22. The van der Waals surface area contributed by atoms with Crippen molar-refractivity contribution in [1.29, 1.82) is 0 Å². The van der Waals surface area contributed by atoms with Gasteiger partial charge in [-0.15, -0.1) is 0 Å². The van der Waals surface area contributed by atoms with E-state index in [0.29, 0.717) is 5.75 Å². The summed E-state index contributed by atoms with van der Waals surface area (Å²) in [5.74, 6) is -1.63. The van der Waals surface area contributed by atoms with Gasteiger partial charge in [-0.3, -0.25) is 14.4 Å². The normalized spacial score (nSPS) is 17.1. The Morgan fingerprint density at radius 1 is 1.16 bits per heavy atom. The number of aliphatic hydroxyl groups is 1. The number of benzene rings is 2. The minimum atomic E-state index is -1.06.